The van der Waals surface area contributed by atoms with Gasteiger partial charge in [-0.25, -0.2) is 0 Å². The molecule has 0 heterocycles. The summed E-state index contributed by atoms with van der Waals surface area (Å²) in [6, 6.07) is -1.19. The number of amides is 1. The van der Waals surface area contributed by atoms with Gasteiger partial charge in [0.25, 0.3) is 0 Å². The van der Waals surface area contributed by atoms with Crippen LogP contribution < -0.4 is 5.32 Å². The zero-order valence-corrected chi connectivity index (χ0v) is 27.3. The number of aliphatic carboxylic acids is 3. The van der Waals surface area contributed by atoms with Crippen molar-refractivity contribution in [1.29, 1.82) is 0 Å². The van der Waals surface area contributed by atoms with Crippen molar-refractivity contribution in [3.63, 3.8) is 0 Å². The van der Waals surface area contributed by atoms with E-state index in [0.717, 1.165) is 23.5 Å². The van der Waals surface area contributed by atoms with Gasteiger partial charge in [0.05, 0.1) is 13.1 Å². The Hall–Kier alpha value is -1.85. The van der Waals surface area contributed by atoms with E-state index in [9.17, 15) is 24.3 Å². The van der Waals surface area contributed by atoms with Gasteiger partial charge in [-0.1, -0.05) is 109 Å². The molecular weight excluding hydrogens is 572 g/mol. The Balaban J connectivity index is 3.55. The summed E-state index contributed by atoms with van der Waals surface area (Å²) in [5.74, 6) is -2.97. The van der Waals surface area contributed by atoms with Crippen LogP contribution in [-0.2, 0) is 23.9 Å². The lowest BCUT2D eigenvalue weighted by molar-refractivity contribution is -0.149. The molecule has 11 heteroatoms. The molecule has 1 unspecified atom stereocenters. The Bertz CT molecular complexity index is 709. The Kier molecular flexibility index (Phi) is 28.9. The minimum absolute atomic E-state index is 0.0246. The normalized spacial score (nSPS) is 12.0. The molecule has 4 N–H and O–H groups in total. The molecule has 0 saturated heterocycles. The van der Waals surface area contributed by atoms with E-state index < -0.39 is 37.0 Å². The van der Waals surface area contributed by atoms with Crippen LogP contribution in [0.1, 0.15) is 135 Å². The first-order valence-corrected chi connectivity index (χ1v) is 17.3. The van der Waals surface area contributed by atoms with E-state index in [4.69, 9.17) is 14.9 Å². The van der Waals surface area contributed by atoms with Crippen molar-refractivity contribution in [3.8, 4) is 0 Å². The van der Waals surface area contributed by atoms with Gasteiger partial charge in [0, 0.05) is 13.2 Å². The smallest absolute Gasteiger partial charge is 0.320 e. The standard InChI is InChI=1S/C32H60N2O8S/c35-29(33-22-18-16-17-21-28(32(40)41)34(25-30(36)37)26-31(38)39)27-42-23-19-14-12-10-8-6-4-2-1-3-5-7-9-11-13-15-20-24-43/h28,43H,1-27H2,(H,33,35)(H,36,37)(H,38,39)(H,40,41). The summed E-state index contributed by atoms with van der Waals surface area (Å²) in [5, 5.41) is 30.1. The average molecular weight is 633 g/mol. The van der Waals surface area contributed by atoms with Crippen LogP contribution in [0.2, 0.25) is 0 Å². The number of rotatable bonds is 33. The lowest BCUT2D eigenvalue weighted by Gasteiger charge is -2.25. The zero-order valence-electron chi connectivity index (χ0n) is 26.4. The van der Waals surface area contributed by atoms with Gasteiger partial charge in [0.1, 0.15) is 12.6 Å². The Morgan fingerprint density at radius 3 is 1.44 bits per heavy atom. The van der Waals surface area contributed by atoms with E-state index in [2.05, 4.69) is 17.9 Å². The number of hydrogen-bond acceptors (Lipinski definition) is 7. The van der Waals surface area contributed by atoms with Crippen molar-refractivity contribution in [1.82, 2.24) is 10.2 Å². The van der Waals surface area contributed by atoms with Crippen LogP contribution in [0.25, 0.3) is 0 Å². The average Bonchev–Trinajstić information content (AvgIpc) is 2.94. The molecule has 0 saturated carbocycles. The maximum atomic E-state index is 11.9. The van der Waals surface area contributed by atoms with Crippen molar-refractivity contribution >= 4 is 36.4 Å². The predicted octanol–water partition coefficient (Wildman–Crippen LogP) is 6.17. The van der Waals surface area contributed by atoms with Crippen molar-refractivity contribution in [2.45, 2.75) is 141 Å². The number of carbonyl (C=O) groups is 4. The molecule has 0 aliphatic heterocycles. The van der Waals surface area contributed by atoms with E-state index in [1.54, 1.807) is 0 Å². The fourth-order valence-electron chi connectivity index (χ4n) is 5.14. The highest BCUT2D eigenvalue weighted by atomic mass is 32.1. The van der Waals surface area contributed by atoms with Gasteiger partial charge in [-0.3, -0.25) is 24.1 Å². The van der Waals surface area contributed by atoms with Crippen LogP contribution in [0.5, 0.6) is 0 Å². The van der Waals surface area contributed by atoms with Gasteiger partial charge in [0.2, 0.25) is 5.91 Å². The highest BCUT2D eigenvalue weighted by molar-refractivity contribution is 7.80. The van der Waals surface area contributed by atoms with Gasteiger partial charge in [0.15, 0.2) is 0 Å². The fourth-order valence-corrected chi connectivity index (χ4v) is 5.36. The second kappa shape index (κ2) is 30.2. The molecule has 0 fully saturated rings. The lowest BCUT2D eigenvalue weighted by Crippen LogP contribution is -2.46. The molecule has 0 aromatic rings. The van der Waals surface area contributed by atoms with Gasteiger partial charge in [-0.05, 0) is 31.4 Å². The van der Waals surface area contributed by atoms with Crippen LogP contribution in [0.15, 0.2) is 0 Å². The van der Waals surface area contributed by atoms with E-state index in [0.29, 0.717) is 32.4 Å². The monoisotopic (exact) mass is 632 g/mol. The first-order valence-electron chi connectivity index (χ1n) is 16.6. The van der Waals surface area contributed by atoms with Gasteiger partial charge < -0.3 is 25.4 Å². The third-order valence-electron chi connectivity index (χ3n) is 7.56. The number of unbranched alkanes of at least 4 members (excludes halogenated alkanes) is 18. The number of nitrogens with one attached hydrogen (secondary N) is 1. The van der Waals surface area contributed by atoms with Crippen LogP contribution >= 0.6 is 12.6 Å². The van der Waals surface area contributed by atoms with Crippen molar-refractivity contribution in [2.75, 3.05) is 38.6 Å². The first-order chi connectivity index (χ1) is 20.8. The summed E-state index contributed by atoms with van der Waals surface area (Å²) in [6.45, 7) is -0.278. The maximum Gasteiger partial charge on any atom is 0.320 e. The highest BCUT2D eigenvalue weighted by Gasteiger charge is 2.28. The molecule has 0 spiro atoms. The predicted molar refractivity (Wildman–Crippen MR) is 173 cm³/mol. The molecular formula is C32H60N2O8S. The van der Waals surface area contributed by atoms with E-state index in [1.807, 2.05) is 0 Å². The van der Waals surface area contributed by atoms with Crippen molar-refractivity contribution in [3.05, 3.63) is 0 Å². The Morgan fingerprint density at radius 1 is 0.605 bits per heavy atom. The topological polar surface area (TPSA) is 153 Å². The van der Waals surface area contributed by atoms with E-state index in [-0.39, 0.29) is 18.9 Å². The first kappa shape index (κ1) is 41.1. The van der Waals surface area contributed by atoms with Gasteiger partial charge in [-0.2, -0.15) is 12.6 Å². The summed E-state index contributed by atoms with van der Waals surface area (Å²) in [6.07, 6.45) is 24.0. The second-order valence-electron chi connectivity index (χ2n) is 11.5. The minimum atomic E-state index is -1.28. The van der Waals surface area contributed by atoms with E-state index in [1.165, 1.54) is 96.3 Å². The molecule has 252 valence electrons. The van der Waals surface area contributed by atoms with E-state index >= 15 is 0 Å². The highest BCUT2D eigenvalue weighted by Crippen LogP contribution is 2.14. The van der Waals surface area contributed by atoms with Gasteiger partial charge >= 0.3 is 17.9 Å². The SMILES string of the molecule is O=C(O)CN(CC(=O)O)C(CCCCCNC(=O)COCCCCCCCCCCCCCCCCCCCS)C(=O)O. The number of thiol groups is 1. The summed E-state index contributed by atoms with van der Waals surface area (Å²) in [4.78, 5) is 46.3. The van der Waals surface area contributed by atoms with Crippen molar-refractivity contribution in [2.24, 2.45) is 0 Å². The largest absolute Gasteiger partial charge is 0.480 e. The second-order valence-corrected chi connectivity index (χ2v) is 12.0. The Labute approximate surface area is 265 Å². The maximum absolute atomic E-state index is 11.9. The molecule has 0 rings (SSSR count). The summed E-state index contributed by atoms with van der Waals surface area (Å²) in [7, 11) is 0. The quantitative estimate of drug-likeness (QED) is 0.0422. The number of nitrogens with zero attached hydrogens (tertiary/aromatic N) is 1. The molecule has 0 aromatic heterocycles. The molecule has 1 amide bonds. The summed E-state index contributed by atoms with van der Waals surface area (Å²) >= 11 is 4.25. The van der Waals surface area contributed by atoms with Crippen molar-refractivity contribution < 1.29 is 39.2 Å². The number of hydrogen-bond donors (Lipinski definition) is 5. The molecule has 0 aromatic carbocycles. The van der Waals surface area contributed by atoms with Crippen LogP contribution in [-0.4, -0.2) is 88.7 Å². The third-order valence-corrected chi connectivity index (χ3v) is 7.88. The summed E-state index contributed by atoms with van der Waals surface area (Å²) in [5.41, 5.74) is 0. The van der Waals surface area contributed by atoms with Crippen LogP contribution in [0.4, 0.5) is 0 Å². The minimum Gasteiger partial charge on any atom is -0.480 e. The number of carboxylic acid groups (broad SMARTS) is 3. The molecule has 0 aliphatic carbocycles. The Morgan fingerprint density at radius 2 is 1.02 bits per heavy atom. The molecule has 10 nitrogen and oxygen atoms in total. The van der Waals surface area contributed by atoms with Crippen LogP contribution in [0, 0.1) is 0 Å². The van der Waals surface area contributed by atoms with Crippen LogP contribution in [0.3, 0.4) is 0 Å². The summed E-state index contributed by atoms with van der Waals surface area (Å²) < 4.78 is 5.47. The third kappa shape index (κ3) is 28.7. The molecule has 43 heavy (non-hydrogen) atoms. The molecule has 0 radical (unpaired) electrons. The molecule has 0 bridgehead atoms. The lowest BCUT2D eigenvalue weighted by atomic mass is 10.0. The number of ether oxygens (including phenoxy) is 1. The number of carboxylic acids is 3. The number of carbonyl (C=O) groups excluding carboxylic acids is 1. The zero-order chi connectivity index (χ0) is 32.0. The molecule has 1 atom stereocenters. The molecule has 0 aliphatic rings. The van der Waals surface area contributed by atoms with Gasteiger partial charge in [-0.15, -0.1) is 0 Å². The fraction of sp³-hybridized carbons (Fsp3) is 0.875.